The molecule has 0 atom stereocenters. The van der Waals surface area contributed by atoms with Gasteiger partial charge in [0.1, 0.15) is 11.3 Å². The van der Waals surface area contributed by atoms with Gasteiger partial charge in [-0.05, 0) is 31.4 Å². The summed E-state index contributed by atoms with van der Waals surface area (Å²) in [7, 11) is 0. The van der Waals surface area contributed by atoms with E-state index in [9.17, 15) is 4.79 Å². The largest absolute Gasteiger partial charge is 0.491 e. The summed E-state index contributed by atoms with van der Waals surface area (Å²) in [6.07, 6.45) is 1.99. The van der Waals surface area contributed by atoms with E-state index >= 15 is 0 Å². The summed E-state index contributed by atoms with van der Waals surface area (Å²) in [4.78, 5) is 12.4. The highest BCUT2D eigenvalue weighted by Crippen LogP contribution is 2.26. The van der Waals surface area contributed by atoms with Crippen LogP contribution >= 0.6 is 0 Å². The summed E-state index contributed by atoms with van der Waals surface area (Å²) in [5.41, 5.74) is 5.99. The van der Waals surface area contributed by atoms with Crippen molar-refractivity contribution in [2.45, 2.75) is 31.7 Å². The number of benzene rings is 1. The zero-order chi connectivity index (χ0) is 14.4. The molecule has 5 heteroatoms. The predicted octanol–water partition coefficient (Wildman–Crippen LogP) is 1.92. The molecule has 5 nitrogen and oxygen atoms in total. The van der Waals surface area contributed by atoms with Crippen LogP contribution in [0.4, 0.5) is 5.69 Å². The summed E-state index contributed by atoms with van der Waals surface area (Å²) >= 11 is 0. The Morgan fingerprint density at radius 3 is 2.80 bits per heavy atom. The number of amides is 1. The Kier molecular flexibility index (Phi) is 4.98. The fourth-order valence-corrected chi connectivity index (χ4v) is 2.12. The summed E-state index contributed by atoms with van der Waals surface area (Å²) in [6, 6.07) is 7.42. The van der Waals surface area contributed by atoms with Gasteiger partial charge in [-0.2, -0.15) is 0 Å². The minimum absolute atomic E-state index is 0.173. The number of anilines is 1. The van der Waals surface area contributed by atoms with Crippen LogP contribution in [0.25, 0.3) is 0 Å². The van der Waals surface area contributed by atoms with E-state index in [2.05, 4.69) is 5.32 Å². The van der Waals surface area contributed by atoms with Crippen molar-refractivity contribution in [2.24, 2.45) is 5.73 Å². The summed E-state index contributed by atoms with van der Waals surface area (Å²) in [6.45, 7) is 3.71. The molecule has 0 aliphatic carbocycles. The van der Waals surface area contributed by atoms with Gasteiger partial charge < -0.3 is 20.5 Å². The normalized spacial score (nSPS) is 17.5. The van der Waals surface area contributed by atoms with Crippen LogP contribution in [0.5, 0.6) is 5.75 Å². The second-order valence-electron chi connectivity index (χ2n) is 5.07. The summed E-state index contributed by atoms with van der Waals surface area (Å²) in [5, 5.41) is 2.89. The smallest absolute Gasteiger partial charge is 0.244 e. The maximum absolute atomic E-state index is 12.4. The molecule has 0 bridgehead atoms. The van der Waals surface area contributed by atoms with Crippen LogP contribution in [0.15, 0.2) is 24.3 Å². The molecule has 0 saturated carbocycles. The lowest BCUT2D eigenvalue weighted by atomic mass is 9.90. The Bertz CT molecular complexity index is 456. The number of rotatable bonds is 5. The van der Waals surface area contributed by atoms with Crippen molar-refractivity contribution >= 4 is 11.6 Å². The first kappa shape index (κ1) is 14.8. The number of nitrogens with one attached hydrogen (secondary N) is 1. The zero-order valence-electron chi connectivity index (χ0n) is 11.9. The van der Waals surface area contributed by atoms with E-state index in [4.69, 9.17) is 15.2 Å². The monoisotopic (exact) mass is 278 g/mol. The van der Waals surface area contributed by atoms with Gasteiger partial charge >= 0.3 is 0 Å². The van der Waals surface area contributed by atoms with E-state index in [-0.39, 0.29) is 5.91 Å². The zero-order valence-corrected chi connectivity index (χ0v) is 11.9. The van der Waals surface area contributed by atoms with Gasteiger partial charge in [-0.15, -0.1) is 0 Å². The van der Waals surface area contributed by atoms with E-state index in [0.717, 1.165) is 6.42 Å². The van der Waals surface area contributed by atoms with Crippen LogP contribution in [0, 0.1) is 0 Å². The molecule has 20 heavy (non-hydrogen) atoms. The number of hydrogen-bond donors (Lipinski definition) is 2. The van der Waals surface area contributed by atoms with Gasteiger partial charge in [0.15, 0.2) is 0 Å². The van der Waals surface area contributed by atoms with Gasteiger partial charge in [-0.3, -0.25) is 4.79 Å². The lowest BCUT2D eigenvalue weighted by Crippen LogP contribution is -2.54. The average Bonchev–Trinajstić information content (AvgIpc) is 2.47. The van der Waals surface area contributed by atoms with Gasteiger partial charge in [0.25, 0.3) is 0 Å². The van der Waals surface area contributed by atoms with Crippen molar-refractivity contribution < 1.29 is 14.3 Å². The molecule has 0 unspecified atom stereocenters. The number of para-hydroxylation sites is 2. The Labute approximate surface area is 119 Å². The van der Waals surface area contributed by atoms with Crippen molar-refractivity contribution in [1.82, 2.24) is 0 Å². The van der Waals surface area contributed by atoms with E-state index in [1.165, 1.54) is 0 Å². The number of hydrogen-bond acceptors (Lipinski definition) is 4. The lowest BCUT2D eigenvalue weighted by Gasteiger charge is -2.31. The minimum atomic E-state index is -0.851. The van der Waals surface area contributed by atoms with Crippen molar-refractivity contribution in [2.75, 3.05) is 25.1 Å². The molecule has 1 aromatic rings. The van der Waals surface area contributed by atoms with Crippen LogP contribution in [0.2, 0.25) is 0 Å². The predicted molar refractivity (Wildman–Crippen MR) is 77.8 cm³/mol. The molecule has 1 saturated heterocycles. The third-order valence-electron chi connectivity index (χ3n) is 3.43. The molecule has 1 aliphatic heterocycles. The Balaban J connectivity index is 2.07. The highest BCUT2D eigenvalue weighted by atomic mass is 16.5. The van der Waals surface area contributed by atoms with Gasteiger partial charge in [-0.1, -0.05) is 19.1 Å². The van der Waals surface area contributed by atoms with E-state index in [0.29, 0.717) is 44.1 Å². The van der Waals surface area contributed by atoms with Gasteiger partial charge in [0, 0.05) is 13.2 Å². The van der Waals surface area contributed by atoms with Crippen LogP contribution < -0.4 is 15.8 Å². The van der Waals surface area contributed by atoms with Crippen LogP contribution in [-0.2, 0) is 9.53 Å². The van der Waals surface area contributed by atoms with Gasteiger partial charge in [0.05, 0.1) is 12.3 Å². The third kappa shape index (κ3) is 3.49. The molecular weight excluding hydrogens is 256 g/mol. The molecule has 1 aromatic carbocycles. The summed E-state index contributed by atoms with van der Waals surface area (Å²) < 4.78 is 10.9. The molecule has 110 valence electrons. The SMILES string of the molecule is CCCOc1ccccc1NC(=O)C1(N)CCOCC1. The average molecular weight is 278 g/mol. The van der Waals surface area contributed by atoms with Crippen LogP contribution in [-0.4, -0.2) is 31.3 Å². The van der Waals surface area contributed by atoms with E-state index < -0.39 is 5.54 Å². The van der Waals surface area contributed by atoms with Crippen molar-refractivity contribution in [3.8, 4) is 5.75 Å². The van der Waals surface area contributed by atoms with Crippen LogP contribution in [0.3, 0.4) is 0 Å². The standard InChI is InChI=1S/C15H22N2O3/c1-2-9-20-13-6-4-3-5-12(13)17-14(18)15(16)7-10-19-11-8-15/h3-6H,2,7-11,16H2,1H3,(H,17,18). The highest BCUT2D eigenvalue weighted by molar-refractivity contribution is 5.99. The van der Waals surface area contributed by atoms with Crippen molar-refractivity contribution in [3.63, 3.8) is 0 Å². The molecule has 1 fully saturated rings. The Morgan fingerprint density at radius 1 is 1.40 bits per heavy atom. The van der Waals surface area contributed by atoms with Gasteiger partial charge in [-0.25, -0.2) is 0 Å². The lowest BCUT2D eigenvalue weighted by molar-refractivity contribution is -0.124. The fraction of sp³-hybridized carbons (Fsp3) is 0.533. The van der Waals surface area contributed by atoms with Gasteiger partial charge in [0.2, 0.25) is 5.91 Å². The first-order valence-electron chi connectivity index (χ1n) is 7.05. The number of nitrogens with two attached hydrogens (primary N) is 1. The molecule has 2 rings (SSSR count). The molecule has 1 aliphatic rings. The Hall–Kier alpha value is -1.59. The second-order valence-corrected chi connectivity index (χ2v) is 5.07. The topological polar surface area (TPSA) is 73.6 Å². The highest BCUT2D eigenvalue weighted by Gasteiger charge is 2.36. The molecule has 0 aromatic heterocycles. The molecule has 1 amide bonds. The number of carbonyl (C=O) groups is 1. The molecule has 1 heterocycles. The number of carbonyl (C=O) groups excluding carboxylic acids is 1. The first-order valence-corrected chi connectivity index (χ1v) is 7.05. The second kappa shape index (κ2) is 6.72. The van der Waals surface area contributed by atoms with Crippen molar-refractivity contribution in [1.29, 1.82) is 0 Å². The van der Waals surface area contributed by atoms with E-state index in [1.807, 2.05) is 31.2 Å². The summed E-state index contributed by atoms with van der Waals surface area (Å²) in [5.74, 6) is 0.506. The minimum Gasteiger partial charge on any atom is -0.491 e. The van der Waals surface area contributed by atoms with Crippen molar-refractivity contribution in [3.05, 3.63) is 24.3 Å². The third-order valence-corrected chi connectivity index (χ3v) is 3.43. The van der Waals surface area contributed by atoms with E-state index in [1.54, 1.807) is 0 Å². The maximum Gasteiger partial charge on any atom is 0.244 e. The fourth-order valence-electron chi connectivity index (χ4n) is 2.12. The Morgan fingerprint density at radius 2 is 2.10 bits per heavy atom. The first-order chi connectivity index (χ1) is 9.65. The molecule has 0 spiro atoms. The quantitative estimate of drug-likeness (QED) is 0.863. The van der Waals surface area contributed by atoms with Crippen LogP contribution in [0.1, 0.15) is 26.2 Å². The molecule has 3 N–H and O–H groups in total. The molecular formula is C15H22N2O3. The number of ether oxygens (including phenoxy) is 2. The maximum atomic E-state index is 12.4. The molecule has 0 radical (unpaired) electrons.